The summed E-state index contributed by atoms with van der Waals surface area (Å²) >= 11 is 0. The monoisotopic (exact) mass is 520 g/mol. The molecule has 38 heavy (non-hydrogen) atoms. The van der Waals surface area contributed by atoms with E-state index in [4.69, 9.17) is 14.2 Å². The normalized spacial score (nSPS) is 14.0. The number of halogens is 1. The number of morpholine rings is 1. The van der Waals surface area contributed by atoms with Gasteiger partial charge in [-0.05, 0) is 32.0 Å². The van der Waals surface area contributed by atoms with Crippen LogP contribution in [0.2, 0.25) is 0 Å². The van der Waals surface area contributed by atoms with E-state index in [-0.39, 0.29) is 23.5 Å². The second-order valence-electron chi connectivity index (χ2n) is 8.85. The third kappa shape index (κ3) is 6.53. The number of rotatable bonds is 9. The molecule has 11 heteroatoms. The minimum absolute atomic E-state index is 0.00828. The molecule has 0 atom stereocenters. The Hall–Kier alpha value is -4.27. The summed E-state index contributed by atoms with van der Waals surface area (Å²) in [4.78, 5) is 15.0. The van der Waals surface area contributed by atoms with Gasteiger partial charge in [-0.25, -0.2) is 4.39 Å². The molecule has 0 aliphatic carbocycles. The van der Waals surface area contributed by atoms with Gasteiger partial charge >= 0.3 is 0 Å². The molecule has 198 valence electrons. The minimum Gasteiger partial charge on any atom is -0.494 e. The highest BCUT2D eigenvalue weighted by Crippen LogP contribution is 2.36. The molecule has 10 nitrogen and oxygen atoms in total. The van der Waals surface area contributed by atoms with Crippen molar-refractivity contribution in [3.8, 4) is 17.6 Å². The number of nitriles is 1. The molecule has 1 saturated heterocycles. The van der Waals surface area contributed by atoms with Crippen molar-refractivity contribution in [2.45, 2.75) is 20.0 Å². The van der Waals surface area contributed by atoms with E-state index in [1.54, 1.807) is 24.3 Å². The van der Waals surface area contributed by atoms with Crippen LogP contribution in [0.15, 0.2) is 42.5 Å². The maximum atomic E-state index is 14.3. The molecule has 0 unspecified atom stereocenters. The fourth-order valence-corrected chi connectivity index (χ4v) is 3.94. The molecule has 4 rings (SSSR count). The Morgan fingerprint density at radius 2 is 2.03 bits per heavy atom. The Morgan fingerprint density at radius 3 is 2.71 bits per heavy atom. The van der Waals surface area contributed by atoms with Gasteiger partial charge in [0.25, 0.3) is 0 Å². The minimum atomic E-state index is -0.563. The first kappa shape index (κ1) is 26.8. The molecular weight excluding hydrogens is 491 g/mol. The number of carbonyl (C=O) groups excluding carboxylic acids is 1. The van der Waals surface area contributed by atoms with E-state index in [0.29, 0.717) is 53.5 Å². The maximum absolute atomic E-state index is 14.3. The lowest BCUT2D eigenvalue weighted by atomic mass is 10.1. The summed E-state index contributed by atoms with van der Waals surface area (Å²) in [5, 5.41) is 24.3. The first-order chi connectivity index (χ1) is 18.4. The molecular formula is C27H29FN6O4. The van der Waals surface area contributed by atoms with Crippen LogP contribution in [0.25, 0.3) is 10.9 Å². The van der Waals surface area contributed by atoms with Crippen LogP contribution in [0.3, 0.4) is 0 Å². The zero-order chi connectivity index (χ0) is 27.1. The van der Waals surface area contributed by atoms with Crippen molar-refractivity contribution in [2.24, 2.45) is 0 Å². The average molecular weight is 521 g/mol. The van der Waals surface area contributed by atoms with Crippen LogP contribution >= 0.6 is 0 Å². The highest BCUT2D eigenvalue weighted by Gasteiger charge is 2.18. The molecule has 0 saturated carbocycles. The van der Waals surface area contributed by atoms with Crippen molar-refractivity contribution in [1.82, 2.24) is 15.1 Å². The lowest BCUT2D eigenvalue weighted by molar-refractivity contribution is -0.111. The zero-order valence-electron chi connectivity index (χ0n) is 21.5. The van der Waals surface area contributed by atoms with Gasteiger partial charge in [0, 0.05) is 48.9 Å². The van der Waals surface area contributed by atoms with Gasteiger partial charge in [-0.2, -0.15) is 5.26 Å². The summed E-state index contributed by atoms with van der Waals surface area (Å²) in [6.45, 7) is 7.37. The van der Waals surface area contributed by atoms with Crippen LogP contribution < -0.4 is 20.1 Å². The molecule has 1 aliphatic heterocycles. The predicted molar refractivity (Wildman–Crippen MR) is 141 cm³/mol. The number of benzene rings is 2. The maximum Gasteiger partial charge on any atom is 0.248 e. The lowest BCUT2D eigenvalue weighted by Gasteiger charge is -2.25. The van der Waals surface area contributed by atoms with Crippen molar-refractivity contribution in [1.29, 1.82) is 5.26 Å². The van der Waals surface area contributed by atoms with Crippen molar-refractivity contribution in [3.05, 3.63) is 54.0 Å². The Bertz CT molecular complexity index is 1380. The zero-order valence-corrected chi connectivity index (χ0v) is 21.5. The molecule has 1 fully saturated rings. The summed E-state index contributed by atoms with van der Waals surface area (Å²) < 4.78 is 30.6. The van der Waals surface area contributed by atoms with Crippen LogP contribution in [0.5, 0.6) is 11.5 Å². The summed E-state index contributed by atoms with van der Waals surface area (Å²) in [6, 6.07) is 9.68. The number of carbonyl (C=O) groups is 1. The fourth-order valence-electron chi connectivity index (χ4n) is 3.94. The van der Waals surface area contributed by atoms with E-state index in [1.807, 2.05) is 19.9 Å². The number of hydrogen-bond donors (Lipinski definition) is 2. The molecule has 0 bridgehead atoms. The average Bonchev–Trinajstić information content (AvgIpc) is 2.90. The van der Waals surface area contributed by atoms with Gasteiger partial charge in [-0.3, -0.25) is 9.69 Å². The number of ether oxygens (including phenoxy) is 3. The number of methoxy groups -OCH3 is 1. The van der Waals surface area contributed by atoms with Gasteiger partial charge in [0.2, 0.25) is 5.91 Å². The van der Waals surface area contributed by atoms with Crippen molar-refractivity contribution in [3.63, 3.8) is 0 Å². The Labute approximate surface area is 220 Å². The second-order valence-corrected chi connectivity index (χ2v) is 8.85. The largest absolute Gasteiger partial charge is 0.494 e. The molecule has 0 spiro atoms. The molecule has 1 aromatic heterocycles. The summed E-state index contributed by atoms with van der Waals surface area (Å²) in [5.41, 5.74) is 1.53. The molecule has 2 aromatic carbocycles. The van der Waals surface area contributed by atoms with Crippen LogP contribution in [0.4, 0.5) is 21.5 Å². The summed E-state index contributed by atoms with van der Waals surface area (Å²) in [5.74, 6) is -0.397. The van der Waals surface area contributed by atoms with Gasteiger partial charge < -0.3 is 24.8 Å². The number of anilines is 3. The SMILES string of the molecule is COc1ccc(Nc2c(C#N)nnc3cc(OC(C)C)c(NC(=O)/C=C/CN4CCOCC4)cc23)cc1F. The number of nitrogens with zero attached hydrogens (tertiary/aromatic N) is 4. The van der Waals surface area contributed by atoms with Crippen LogP contribution in [0, 0.1) is 17.1 Å². The van der Waals surface area contributed by atoms with Crippen molar-refractivity contribution in [2.75, 3.05) is 50.6 Å². The third-order valence-electron chi connectivity index (χ3n) is 5.75. The Morgan fingerprint density at radius 1 is 1.24 bits per heavy atom. The predicted octanol–water partition coefficient (Wildman–Crippen LogP) is 4.01. The molecule has 2 heterocycles. The Balaban J connectivity index is 1.67. The van der Waals surface area contributed by atoms with Gasteiger partial charge in [0.1, 0.15) is 11.8 Å². The summed E-state index contributed by atoms with van der Waals surface area (Å²) in [6.07, 6.45) is 3.10. The Kier molecular flexibility index (Phi) is 8.68. The molecule has 1 aliphatic rings. The van der Waals surface area contributed by atoms with E-state index in [1.165, 1.54) is 25.3 Å². The number of aromatic nitrogens is 2. The van der Waals surface area contributed by atoms with E-state index in [9.17, 15) is 14.4 Å². The second kappa shape index (κ2) is 12.3. The number of nitrogens with one attached hydrogen (secondary N) is 2. The third-order valence-corrected chi connectivity index (χ3v) is 5.75. The van der Waals surface area contributed by atoms with E-state index >= 15 is 0 Å². The van der Waals surface area contributed by atoms with Gasteiger partial charge in [-0.1, -0.05) is 6.08 Å². The van der Waals surface area contributed by atoms with Gasteiger partial charge in [0.05, 0.1) is 43.3 Å². The summed E-state index contributed by atoms with van der Waals surface area (Å²) in [7, 11) is 1.38. The standard InChI is InChI=1S/C27H29FN6O4/c1-17(2)38-25-15-21-19(14-22(25)31-26(35)5-4-8-34-9-11-37-12-10-34)27(23(16-29)33-32-21)30-18-6-7-24(36-3)20(28)13-18/h4-7,13-15,17H,8-12H2,1-3H3,(H,30,32)(H,31,35)/b5-4+. The van der Waals surface area contributed by atoms with Crippen LogP contribution in [0.1, 0.15) is 19.5 Å². The quantitative estimate of drug-likeness (QED) is 0.403. The topological polar surface area (TPSA) is 122 Å². The molecule has 3 aromatic rings. The first-order valence-corrected chi connectivity index (χ1v) is 12.2. The van der Waals surface area contributed by atoms with Crippen LogP contribution in [-0.4, -0.2) is 67.1 Å². The molecule has 2 N–H and O–H groups in total. The van der Waals surface area contributed by atoms with Crippen LogP contribution in [-0.2, 0) is 9.53 Å². The number of hydrogen-bond acceptors (Lipinski definition) is 9. The van der Waals surface area contributed by atoms with Gasteiger partial charge in [-0.15, -0.1) is 10.2 Å². The smallest absolute Gasteiger partial charge is 0.248 e. The molecule has 1 amide bonds. The molecule has 0 radical (unpaired) electrons. The van der Waals surface area contributed by atoms with Gasteiger partial charge in [0.15, 0.2) is 17.3 Å². The lowest BCUT2D eigenvalue weighted by Crippen LogP contribution is -2.36. The van der Waals surface area contributed by atoms with E-state index < -0.39 is 5.82 Å². The highest BCUT2D eigenvalue weighted by molar-refractivity contribution is 6.04. The number of fused-ring (bicyclic) bond motifs is 1. The van der Waals surface area contributed by atoms with E-state index in [2.05, 4.69) is 25.7 Å². The first-order valence-electron chi connectivity index (χ1n) is 12.2. The highest BCUT2D eigenvalue weighted by atomic mass is 19.1. The van der Waals surface area contributed by atoms with Crippen molar-refractivity contribution < 1.29 is 23.4 Å². The van der Waals surface area contributed by atoms with Crippen molar-refractivity contribution >= 4 is 33.9 Å². The van der Waals surface area contributed by atoms with E-state index in [0.717, 1.165) is 13.1 Å². The fraction of sp³-hybridized carbons (Fsp3) is 0.333. The number of amides is 1.